The van der Waals surface area contributed by atoms with Crippen LogP contribution in [0.15, 0.2) is 48.0 Å². The molecule has 0 spiro atoms. The minimum atomic E-state index is -0.455. The fourth-order valence-corrected chi connectivity index (χ4v) is 3.53. The number of carbonyl (C=O) groups is 2. The molecule has 1 saturated heterocycles. The van der Waals surface area contributed by atoms with Gasteiger partial charge in [-0.15, -0.1) is 11.3 Å². The number of anilines is 1. The van der Waals surface area contributed by atoms with E-state index in [0.29, 0.717) is 12.2 Å². The van der Waals surface area contributed by atoms with Gasteiger partial charge in [-0.05, 0) is 35.0 Å². The quantitative estimate of drug-likeness (QED) is 0.725. The van der Waals surface area contributed by atoms with E-state index in [-0.39, 0.29) is 18.2 Å². The van der Waals surface area contributed by atoms with Crippen LogP contribution in [-0.2, 0) is 16.1 Å². The van der Waals surface area contributed by atoms with Crippen LogP contribution in [0.2, 0.25) is 0 Å². The van der Waals surface area contributed by atoms with Crippen molar-refractivity contribution in [2.24, 2.45) is 0 Å². The largest absolute Gasteiger partial charge is 0.361 e. The van der Waals surface area contributed by atoms with Gasteiger partial charge in [-0.1, -0.05) is 12.1 Å². The Morgan fingerprint density at radius 3 is 3.00 bits per heavy atom. The van der Waals surface area contributed by atoms with Crippen molar-refractivity contribution in [1.82, 2.24) is 10.3 Å². The second kappa shape index (κ2) is 5.64. The second-order valence-electron chi connectivity index (χ2n) is 5.53. The molecule has 1 aromatic carbocycles. The van der Waals surface area contributed by atoms with Crippen molar-refractivity contribution >= 4 is 39.7 Å². The Hall–Kier alpha value is -2.44. The topological polar surface area (TPSA) is 65.2 Å². The number of imide groups is 1. The SMILES string of the molecule is O=C1CC(NCc2cccs2)C(=O)N1c1ccc2cc[nH]c2c1. The van der Waals surface area contributed by atoms with E-state index in [0.717, 1.165) is 15.8 Å². The molecule has 1 aliphatic rings. The van der Waals surface area contributed by atoms with Gasteiger partial charge in [0, 0.05) is 23.1 Å². The molecule has 116 valence electrons. The molecule has 23 heavy (non-hydrogen) atoms. The number of amides is 2. The lowest BCUT2D eigenvalue weighted by molar-refractivity contribution is -0.121. The maximum atomic E-state index is 12.6. The second-order valence-corrected chi connectivity index (χ2v) is 6.57. The number of benzene rings is 1. The molecule has 1 fully saturated rings. The summed E-state index contributed by atoms with van der Waals surface area (Å²) in [7, 11) is 0. The number of nitrogens with one attached hydrogen (secondary N) is 2. The smallest absolute Gasteiger partial charge is 0.251 e. The standard InChI is InChI=1S/C17H15N3O2S/c21-16-9-15(19-10-13-2-1-7-23-13)17(22)20(16)12-4-3-11-5-6-18-14(11)8-12/h1-8,15,18-19H,9-10H2. The number of hydrogen-bond donors (Lipinski definition) is 2. The van der Waals surface area contributed by atoms with Crippen LogP contribution in [0, 0.1) is 0 Å². The van der Waals surface area contributed by atoms with Gasteiger partial charge in [0.25, 0.3) is 5.91 Å². The predicted octanol–water partition coefficient (Wildman–Crippen LogP) is 2.65. The van der Waals surface area contributed by atoms with Crippen molar-refractivity contribution in [1.29, 1.82) is 0 Å². The van der Waals surface area contributed by atoms with Gasteiger partial charge in [-0.3, -0.25) is 9.59 Å². The van der Waals surface area contributed by atoms with Crippen molar-refractivity contribution in [3.8, 4) is 0 Å². The van der Waals surface area contributed by atoms with Gasteiger partial charge < -0.3 is 10.3 Å². The first-order valence-electron chi connectivity index (χ1n) is 7.42. The molecule has 0 radical (unpaired) electrons. The number of carbonyl (C=O) groups excluding carboxylic acids is 2. The minimum absolute atomic E-state index is 0.162. The number of fused-ring (bicyclic) bond motifs is 1. The number of nitrogens with zero attached hydrogens (tertiary/aromatic N) is 1. The molecule has 3 heterocycles. The first-order chi connectivity index (χ1) is 11.2. The third-order valence-electron chi connectivity index (χ3n) is 4.05. The number of aromatic amines is 1. The molecule has 2 aromatic heterocycles. The Bertz CT molecular complexity index is 869. The van der Waals surface area contributed by atoms with Crippen LogP contribution in [-0.4, -0.2) is 22.8 Å². The van der Waals surface area contributed by atoms with Crippen molar-refractivity contribution in [2.45, 2.75) is 19.0 Å². The van der Waals surface area contributed by atoms with Gasteiger partial charge in [-0.25, -0.2) is 4.90 Å². The van der Waals surface area contributed by atoms with Crippen LogP contribution in [0.5, 0.6) is 0 Å². The van der Waals surface area contributed by atoms with E-state index < -0.39 is 6.04 Å². The van der Waals surface area contributed by atoms with Crippen LogP contribution in [0.4, 0.5) is 5.69 Å². The molecule has 0 aliphatic carbocycles. The van der Waals surface area contributed by atoms with Crippen LogP contribution >= 0.6 is 11.3 Å². The molecule has 0 bridgehead atoms. The monoisotopic (exact) mass is 325 g/mol. The lowest BCUT2D eigenvalue weighted by atomic mass is 10.2. The third kappa shape index (κ3) is 2.56. The van der Waals surface area contributed by atoms with Crippen molar-refractivity contribution in [3.63, 3.8) is 0 Å². The zero-order valence-electron chi connectivity index (χ0n) is 12.3. The minimum Gasteiger partial charge on any atom is -0.361 e. The molecule has 2 amide bonds. The maximum Gasteiger partial charge on any atom is 0.251 e. The fraction of sp³-hybridized carbons (Fsp3) is 0.176. The molecule has 4 rings (SSSR count). The highest BCUT2D eigenvalue weighted by Gasteiger charge is 2.39. The summed E-state index contributed by atoms with van der Waals surface area (Å²) < 4.78 is 0. The summed E-state index contributed by atoms with van der Waals surface area (Å²) in [5.74, 6) is -0.345. The van der Waals surface area contributed by atoms with Gasteiger partial charge in [0.05, 0.1) is 18.2 Å². The van der Waals surface area contributed by atoms with Crippen molar-refractivity contribution < 1.29 is 9.59 Å². The number of rotatable bonds is 4. The summed E-state index contributed by atoms with van der Waals surface area (Å²) in [6, 6.07) is 11.0. The van der Waals surface area contributed by atoms with E-state index in [2.05, 4.69) is 10.3 Å². The lowest BCUT2D eigenvalue weighted by Crippen LogP contribution is -2.38. The maximum absolute atomic E-state index is 12.6. The predicted molar refractivity (Wildman–Crippen MR) is 90.4 cm³/mol. The Kier molecular flexibility index (Phi) is 3.48. The van der Waals surface area contributed by atoms with E-state index in [1.807, 2.05) is 48.0 Å². The van der Waals surface area contributed by atoms with Gasteiger partial charge in [0.2, 0.25) is 5.91 Å². The average molecular weight is 325 g/mol. The van der Waals surface area contributed by atoms with Crippen molar-refractivity contribution in [2.75, 3.05) is 4.90 Å². The molecular weight excluding hydrogens is 310 g/mol. The molecule has 6 heteroatoms. The Morgan fingerprint density at radius 2 is 2.17 bits per heavy atom. The van der Waals surface area contributed by atoms with Crippen molar-refractivity contribution in [3.05, 3.63) is 52.9 Å². The third-order valence-corrected chi connectivity index (χ3v) is 4.92. The van der Waals surface area contributed by atoms with Gasteiger partial charge in [0.1, 0.15) is 0 Å². The zero-order valence-corrected chi connectivity index (χ0v) is 13.1. The first kappa shape index (κ1) is 14.2. The molecule has 1 atom stereocenters. The highest BCUT2D eigenvalue weighted by Crippen LogP contribution is 2.26. The number of aromatic nitrogens is 1. The molecule has 2 N–H and O–H groups in total. The molecule has 1 aliphatic heterocycles. The molecular formula is C17H15N3O2S. The average Bonchev–Trinajstić information content (AvgIpc) is 3.25. The summed E-state index contributed by atoms with van der Waals surface area (Å²) in [4.78, 5) is 30.4. The van der Waals surface area contributed by atoms with E-state index in [1.165, 1.54) is 4.90 Å². The van der Waals surface area contributed by atoms with Crippen LogP contribution < -0.4 is 10.2 Å². The van der Waals surface area contributed by atoms with Crippen LogP contribution in [0.25, 0.3) is 10.9 Å². The summed E-state index contributed by atoms with van der Waals surface area (Å²) in [5, 5.41) is 6.24. The summed E-state index contributed by atoms with van der Waals surface area (Å²) >= 11 is 1.63. The normalized spacial score (nSPS) is 18.3. The summed E-state index contributed by atoms with van der Waals surface area (Å²) in [6.45, 7) is 0.602. The van der Waals surface area contributed by atoms with E-state index in [1.54, 1.807) is 11.3 Å². The molecule has 3 aromatic rings. The van der Waals surface area contributed by atoms with Crippen LogP contribution in [0.1, 0.15) is 11.3 Å². The summed E-state index contributed by atoms with van der Waals surface area (Å²) in [6.07, 6.45) is 2.04. The fourth-order valence-electron chi connectivity index (χ4n) is 2.87. The zero-order chi connectivity index (χ0) is 15.8. The van der Waals surface area contributed by atoms with Gasteiger partial charge in [-0.2, -0.15) is 0 Å². The number of H-pyrrole nitrogens is 1. The highest BCUT2D eigenvalue weighted by atomic mass is 32.1. The molecule has 0 saturated carbocycles. The summed E-state index contributed by atoms with van der Waals surface area (Å²) in [5.41, 5.74) is 1.54. The van der Waals surface area contributed by atoms with E-state index in [4.69, 9.17) is 0 Å². The molecule has 5 nitrogen and oxygen atoms in total. The van der Waals surface area contributed by atoms with E-state index in [9.17, 15) is 9.59 Å². The van der Waals surface area contributed by atoms with Gasteiger partial charge in [0.15, 0.2) is 0 Å². The number of hydrogen-bond acceptors (Lipinski definition) is 4. The molecule has 1 unspecified atom stereocenters. The number of thiophene rings is 1. The van der Waals surface area contributed by atoms with E-state index >= 15 is 0 Å². The first-order valence-corrected chi connectivity index (χ1v) is 8.30. The Labute approximate surface area is 136 Å². The highest BCUT2D eigenvalue weighted by molar-refractivity contribution is 7.09. The van der Waals surface area contributed by atoms with Crippen LogP contribution in [0.3, 0.4) is 0 Å². The lowest BCUT2D eigenvalue weighted by Gasteiger charge is -2.15. The van der Waals surface area contributed by atoms with Gasteiger partial charge >= 0.3 is 0 Å². The Balaban J connectivity index is 1.54. The Morgan fingerprint density at radius 1 is 1.26 bits per heavy atom.